The second kappa shape index (κ2) is 5.41. The van der Waals surface area contributed by atoms with Crippen LogP contribution in [0, 0.1) is 0 Å². The molecule has 15 heavy (non-hydrogen) atoms. The van der Waals surface area contributed by atoms with Gasteiger partial charge in [0.1, 0.15) is 5.75 Å². The number of aliphatic imine (C=N–C) groups is 1. The minimum Gasteiger partial charge on any atom is -0.497 e. The lowest BCUT2D eigenvalue weighted by Crippen LogP contribution is -2.09. The Morgan fingerprint density at radius 3 is 2.47 bits per heavy atom. The molecule has 0 aliphatic carbocycles. The lowest BCUT2D eigenvalue weighted by atomic mass is 10.2. The van der Waals surface area contributed by atoms with Crippen molar-refractivity contribution in [3.8, 4) is 5.75 Å². The van der Waals surface area contributed by atoms with Crippen LogP contribution in [0.1, 0.15) is 10.4 Å². The monoisotopic (exact) mass is 224 g/mol. The van der Waals surface area contributed by atoms with Crippen molar-refractivity contribution in [2.45, 2.75) is 0 Å². The highest BCUT2D eigenvalue weighted by atomic mass is 32.2. The summed E-state index contributed by atoms with van der Waals surface area (Å²) in [6, 6.07) is 6.71. The van der Waals surface area contributed by atoms with Crippen LogP contribution in [0.2, 0.25) is 0 Å². The summed E-state index contributed by atoms with van der Waals surface area (Å²) in [7, 11) is 1.57. The van der Waals surface area contributed by atoms with Crippen molar-refractivity contribution in [2.24, 2.45) is 10.7 Å². The van der Waals surface area contributed by atoms with Gasteiger partial charge in [-0.3, -0.25) is 4.79 Å². The van der Waals surface area contributed by atoms with E-state index >= 15 is 0 Å². The van der Waals surface area contributed by atoms with Crippen LogP contribution in [-0.2, 0) is 0 Å². The number of nitrogens with two attached hydrogens (primary N) is 1. The third-order valence-corrected chi connectivity index (χ3v) is 2.27. The first kappa shape index (κ1) is 11.6. The Hall–Kier alpha value is -1.49. The number of benzene rings is 1. The average Bonchev–Trinajstić information content (AvgIpc) is 2.29. The summed E-state index contributed by atoms with van der Waals surface area (Å²) in [5.41, 5.74) is 5.93. The Bertz CT molecular complexity index is 374. The molecular formula is C10H12N2O2S. The van der Waals surface area contributed by atoms with E-state index < -0.39 is 0 Å². The Morgan fingerprint density at radius 1 is 1.40 bits per heavy atom. The first-order chi connectivity index (χ1) is 7.17. The van der Waals surface area contributed by atoms with Gasteiger partial charge in [0.2, 0.25) is 0 Å². The molecule has 4 nitrogen and oxygen atoms in total. The van der Waals surface area contributed by atoms with Crippen molar-refractivity contribution in [1.82, 2.24) is 0 Å². The first-order valence-electron chi connectivity index (χ1n) is 4.24. The number of thioether (sulfide) groups is 1. The molecule has 1 amide bonds. The van der Waals surface area contributed by atoms with Gasteiger partial charge in [-0.25, -0.2) is 0 Å². The maximum atomic E-state index is 11.5. The van der Waals surface area contributed by atoms with Crippen LogP contribution in [-0.4, -0.2) is 24.4 Å². The summed E-state index contributed by atoms with van der Waals surface area (Å²) in [6.07, 6.45) is 1.76. The lowest BCUT2D eigenvalue weighted by molar-refractivity contribution is 0.100. The van der Waals surface area contributed by atoms with Crippen LogP contribution in [0.3, 0.4) is 0 Å². The highest BCUT2D eigenvalue weighted by Gasteiger charge is 2.04. The largest absolute Gasteiger partial charge is 0.497 e. The maximum absolute atomic E-state index is 11.5. The smallest absolute Gasteiger partial charge is 0.279 e. The molecule has 0 spiro atoms. The fourth-order valence-electron chi connectivity index (χ4n) is 0.944. The van der Waals surface area contributed by atoms with E-state index in [1.165, 1.54) is 11.8 Å². The molecule has 0 saturated carbocycles. The standard InChI is InChI=1S/C10H12N2O2S/c1-14-8-5-3-7(4-6-8)9(13)12-10(11)15-2/h3-6H,1-2H3,(H2,11,12,13). The normalized spacial score (nSPS) is 11.2. The molecule has 0 aromatic heterocycles. The Labute approximate surface area is 92.5 Å². The SMILES string of the molecule is COc1ccc(C(=O)N=C(N)SC)cc1. The molecule has 80 valence electrons. The quantitative estimate of drug-likeness (QED) is 0.611. The number of methoxy groups -OCH3 is 1. The molecule has 0 saturated heterocycles. The van der Waals surface area contributed by atoms with Gasteiger partial charge in [0.25, 0.3) is 5.91 Å². The minimum absolute atomic E-state index is 0.260. The minimum atomic E-state index is -0.343. The maximum Gasteiger partial charge on any atom is 0.279 e. The number of nitrogens with zero attached hydrogens (tertiary/aromatic N) is 1. The van der Waals surface area contributed by atoms with E-state index in [0.717, 1.165) is 0 Å². The fourth-order valence-corrected chi connectivity index (χ4v) is 1.12. The third-order valence-electron chi connectivity index (χ3n) is 1.76. The number of hydrogen-bond donors (Lipinski definition) is 1. The zero-order valence-electron chi connectivity index (χ0n) is 8.56. The van der Waals surface area contributed by atoms with Gasteiger partial charge in [0.15, 0.2) is 5.17 Å². The second-order valence-electron chi connectivity index (χ2n) is 2.69. The Morgan fingerprint density at radius 2 is 2.00 bits per heavy atom. The van der Waals surface area contributed by atoms with E-state index in [2.05, 4.69) is 4.99 Å². The van der Waals surface area contributed by atoms with E-state index in [0.29, 0.717) is 11.3 Å². The number of amidine groups is 1. The van der Waals surface area contributed by atoms with Crippen LogP contribution in [0.5, 0.6) is 5.75 Å². The second-order valence-corrected chi connectivity index (χ2v) is 3.51. The molecule has 0 unspecified atom stereocenters. The van der Waals surface area contributed by atoms with Gasteiger partial charge in [-0.2, -0.15) is 4.99 Å². The Kier molecular flexibility index (Phi) is 4.17. The molecule has 0 fully saturated rings. The van der Waals surface area contributed by atoms with Gasteiger partial charge in [-0.1, -0.05) is 11.8 Å². The third kappa shape index (κ3) is 3.28. The van der Waals surface area contributed by atoms with E-state index in [1.807, 2.05) is 0 Å². The summed E-state index contributed by atoms with van der Waals surface area (Å²) >= 11 is 1.24. The van der Waals surface area contributed by atoms with Crippen molar-refractivity contribution in [3.63, 3.8) is 0 Å². The van der Waals surface area contributed by atoms with E-state index in [1.54, 1.807) is 37.6 Å². The van der Waals surface area contributed by atoms with Crippen LogP contribution in [0.15, 0.2) is 29.3 Å². The Balaban J connectivity index is 2.83. The molecule has 5 heteroatoms. The van der Waals surface area contributed by atoms with Gasteiger partial charge >= 0.3 is 0 Å². The number of rotatable bonds is 2. The predicted molar refractivity (Wildman–Crippen MR) is 62.5 cm³/mol. The van der Waals surface area contributed by atoms with Gasteiger partial charge in [0, 0.05) is 5.56 Å². The van der Waals surface area contributed by atoms with E-state index in [4.69, 9.17) is 10.5 Å². The van der Waals surface area contributed by atoms with Gasteiger partial charge in [-0.05, 0) is 30.5 Å². The summed E-state index contributed by atoms with van der Waals surface area (Å²) in [6.45, 7) is 0. The van der Waals surface area contributed by atoms with Crippen LogP contribution in [0.25, 0.3) is 0 Å². The van der Waals surface area contributed by atoms with Crippen molar-refractivity contribution >= 4 is 22.8 Å². The molecule has 0 heterocycles. The number of hydrogen-bond acceptors (Lipinski definition) is 3. The molecule has 0 bridgehead atoms. The molecular weight excluding hydrogens is 212 g/mol. The molecule has 0 aliphatic rings. The van der Waals surface area contributed by atoms with Crippen LogP contribution >= 0.6 is 11.8 Å². The van der Waals surface area contributed by atoms with E-state index in [-0.39, 0.29) is 11.1 Å². The first-order valence-corrected chi connectivity index (χ1v) is 5.46. The molecule has 1 aromatic rings. The van der Waals surface area contributed by atoms with Gasteiger partial charge in [-0.15, -0.1) is 0 Å². The zero-order valence-corrected chi connectivity index (χ0v) is 9.38. The van der Waals surface area contributed by atoms with E-state index in [9.17, 15) is 4.79 Å². The molecule has 0 atom stereocenters. The van der Waals surface area contributed by atoms with Crippen LogP contribution in [0.4, 0.5) is 0 Å². The lowest BCUT2D eigenvalue weighted by Gasteiger charge is -2.00. The summed E-state index contributed by atoms with van der Waals surface area (Å²) in [5.74, 6) is 0.359. The van der Waals surface area contributed by atoms with Crippen molar-refractivity contribution in [2.75, 3.05) is 13.4 Å². The van der Waals surface area contributed by atoms with Crippen molar-refractivity contribution < 1.29 is 9.53 Å². The average molecular weight is 224 g/mol. The zero-order chi connectivity index (χ0) is 11.3. The number of amides is 1. The highest BCUT2D eigenvalue weighted by molar-refractivity contribution is 8.13. The molecule has 2 N–H and O–H groups in total. The summed E-state index contributed by atoms with van der Waals surface area (Å²) in [5, 5.41) is 0.260. The highest BCUT2D eigenvalue weighted by Crippen LogP contribution is 2.12. The molecule has 1 aromatic carbocycles. The topological polar surface area (TPSA) is 64.7 Å². The number of carbonyl (C=O) groups is 1. The van der Waals surface area contributed by atoms with Crippen LogP contribution < -0.4 is 10.5 Å². The molecule has 0 radical (unpaired) electrons. The van der Waals surface area contributed by atoms with Crippen molar-refractivity contribution in [3.05, 3.63) is 29.8 Å². The molecule has 1 rings (SSSR count). The number of carbonyl (C=O) groups excluding carboxylic acids is 1. The van der Waals surface area contributed by atoms with Gasteiger partial charge in [0.05, 0.1) is 7.11 Å². The fraction of sp³-hybridized carbons (Fsp3) is 0.200. The van der Waals surface area contributed by atoms with Gasteiger partial charge < -0.3 is 10.5 Å². The molecule has 0 aliphatic heterocycles. The summed E-state index contributed by atoms with van der Waals surface area (Å²) < 4.78 is 4.98. The van der Waals surface area contributed by atoms with Crippen molar-refractivity contribution in [1.29, 1.82) is 0 Å². The summed E-state index contributed by atoms with van der Waals surface area (Å²) in [4.78, 5) is 15.2. The predicted octanol–water partition coefficient (Wildman–Crippen LogP) is 1.51. The number of ether oxygens (including phenoxy) is 1.